The lowest BCUT2D eigenvalue weighted by atomic mass is 9.88. The quantitative estimate of drug-likeness (QED) is 0.469. The highest BCUT2D eigenvalue weighted by molar-refractivity contribution is 5.95. The molecule has 0 atom stereocenters. The third-order valence-electron chi connectivity index (χ3n) is 5.06. The number of likely N-dealkylation sites (N-methyl/N-ethyl adjacent to an activating group) is 1. The smallest absolute Gasteiger partial charge is 0.269 e. The number of anilines is 1. The molecular formula is C22H21N5O2. The largest absolute Gasteiger partial charge is 0.399 e. The fourth-order valence-corrected chi connectivity index (χ4v) is 3.62. The minimum atomic E-state index is -0.544. The number of hydrogen-bond acceptors (Lipinski definition) is 4. The van der Waals surface area contributed by atoms with Gasteiger partial charge in [-0.05, 0) is 54.3 Å². The van der Waals surface area contributed by atoms with Gasteiger partial charge in [0.15, 0.2) is 5.69 Å². The van der Waals surface area contributed by atoms with Gasteiger partial charge in [0.05, 0.1) is 11.4 Å². The van der Waals surface area contributed by atoms with Gasteiger partial charge in [-0.15, -0.1) is 0 Å². The topological polar surface area (TPSA) is 116 Å². The van der Waals surface area contributed by atoms with Crippen LogP contribution in [0.2, 0.25) is 0 Å². The number of aromatic nitrogens is 2. The van der Waals surface area contributed by atoms with Crippen molar-refractivity contribution in [1.82, 2.24) is 15.1 Å². The number of carbonyl (C=O) groups is 2. The van der Waals surface area contributed by atoms with Crippen molar-refractivity contribution in [2.45, 2.75) is 12.8 Å². The molecule has 0 unspecified atom stereocenters. The molecule has 5 N–H and O–H groups in total. The summed E-state index contributed by atoms with van der Waals surface area (Å²) in [5, 5.41) is 7.07. The van der Waals surface area contributed by atoms with E-state index >= 15 is 0 Å². The summed E-state index contributed by atoms with van der Waals surface area (Å²) in [4.78, 5) is 23.4. The summed E-state index contributed by atoms with van der Waals surface area (Å²) in [7, 11) is 1.58. The summed E-state index contributed by atoms with van der Waals surface area (Å²) in [6, 6.07) is 13.4. The van der Waals surface area contributed by atoms with Gasteiger partial charge in [0.1, 0.15) is 0 Å². The van der Waals surface area contributed by atoms with E-state index in [2.05, 4.69) is 10.4 Å². The summed E-state index contributed by atoms with van der Waals surface area (Å²) in [6.45, 7) is 0. The number of nitrogens with zero attached hydrogens (tertiary/aromatic N) is 2. The fraction of sp³-hybridized carbons (Fsp3) is 0.136. The molecular weight excluding hydrogens is 366 g/mol. The highest BCUT2D eigenvalue weighted by Gasteiger charge is 2.28. The monoisotopic (exact) mass is 387 g/mol. The van der Waals surface area contributed by atoms with Crippen LogP contribution in [0.25, 0.3) is 23.0 Å². The van der Waals surface area contributed by atoms with E-state index in [1.165, 1.54) is 6.08 Å². The molecule has 0 bridgehead atoms. The molecule has 4 rings (SSSR count). The van der Waals surface area contributed by atoms with E-state index in [0.29, 0.717) is 12.1 Å². The Balaban J connectivity index is 1.82. The Bertz CT molecular complexity index is 1140. The van der Waals surface area contributed by atoms with Gasteiger partial charge in [-0.2, -0.15) is 5.10 Å². The molecule has 3 aromatic rings. The molecule has 0 radical (unpaired) electrons. The molecule has 1 aliphatic rings. The summed E-state index contributed by atoms with van der Waals surface area (Å²) in [5.41, 5.74) is 18.0. The lowest BCUT2D eigenvalue weighted by Crippen LogP contribution is -2.15. The van der Waals surface area contributed by atoms with E-state index in [9.17, 15) is 9.59 Å². The molecule has 1 aliphatic carbocycles. The molecule has 0 spiro atoms. The van der Waals surface area contributed by atoms with Gasteiger partial charge in [0.2, 0.25) is 5.91 Å². The number of carbonyl (C=O) groups excluding carboxylic acids is 2. The SMILES string of the molecule is CNC(=O)C=Cc1ccc(-n2nc(C(N)=O)c3c2-c2cc(N)ccc2CC3)cc1. The first kappa shape index (κ1) is 18.5. The third kappa shape index (κ3) is 3.38. The zero-order chi connectivity index (χ0) is 20.5. The van der Waals surface area contributed by atoms with Crippen LogP contribution >= 0.6 is 0 Å². The molecule has 0 fully saturated rings. The van der Waals surface area contributed by atoms with Crippen LogP contribution in [0.3, 0.4) is 0 Å². The first-order valence-corrected chi connectivity index (χ1v) is 9.28. The summed E-state index contributed by atoms with van der Waals surface area (Å²) < 4.78 is 1.75. The summed E-state index contributed by atoms with van der Waals surface area (Å²) >= 11 is 0. The van der Waals surface area contributed by atoms with Gasteiger partial charge in [0.25, 0.3) is 5.91 Å². The maximum atomic E-state index is 12.0. The standard InChI is InChI=1S/C22H21N5O2/c1-25-19(28)11-4-13-2-8-16(9-3-13)27-21-17(20(26-27)22(24)29)10-6-14-5-7-15(23)12-18(14)21/h2-5,7-9,11-12H,6,10,23H2,1H3,(H2,24,29)(H,25,28). The van der Waals surface area contributed by atoms with Crippen LogP contribution in [0, 0.1) is 0 Å². The molecule has 7 nitrogen and oxygen atoms in total. The van der Waals surface area contributed by atoms with Crippen LogP contribution in [-0.4, -0.2) is 28.6 Å². The number of amides is 2. The predicted octanol–water partition coefficient (Wildman–Crippen LogP) is 2.08. The average Bonchev–Trinajstić information content (AvgIpc) is 3.13. The van der Waals surface area contributed by atoms with Crippen LogP contribution in [-0.2, 0) is 17.6 Å². The molecule has 7 heteroatoms. The van der Waals surface area contributed by atoms with Crippen molar-refractivity contribution >= 4 is 23.6 Å². The molecule has 0 saturated heterocycles. The van der Waals surface area contributed by atoms with E-state index in [4.69, 9.17) is 11.5 Å². The molecule has 0 saturated carbocycles. The van der Waals surface area contributed by atoms with Crippen LogP contribution in [0.15, 0.2) is 48.5 Å². The van der Waals surface area contributed by atoms with Gasteiger partial charge in [-0.1, -0.05) is 18.2 Å². The number of nitrogens with one attached hydrogen (secondary N) is 1. The van der Waals surface area contributed by atoms with Gasteiger partial charge < -0.3 is 16.8 Å². The van der Waals surface area contributed by atoms with Crippen molar-refractivity contribution in [2.24, 2.45) is 5.73 Å². The third-order valence-corrected chi connectivity index (χ3v) is 5.06. The van der Waals surface area contributed by atoms with Crippen molar-refractivity contribution in [3.63, 3.8) is 0 Å². The lowest BCUT2D eigenvalue weighted by molar-refractivity contribution is -0.115. The molecule has 2 amide bonds. The average molecular weight is 387 g/mol. The number of nitrogen functional groups attached to an aromatic ring is 1. The van der Waals surface area contributed by atoms with E-state index in [1.54, 1.807) is 17.8 Å². The number of primary amides is 1. The first-order chi connectivity index (χ1) is 14.0. The van der Waals surface area contributed by atoms with Crippen LogP contribution in [0.5, 0.6) is 0 Å². The van der Waals surface area contributed by atoms with Crippen molar-refractivity contribution < 1.29 is 9.59 Å². The fourth-order valence-electron chi connectivity index (χ4n) is 3.62. The van der Waals surface area contributed by atoms with Crippen molar-refractivity contribution in [3.05, 3.63) is 70.9 Å². The van der Waals surface area contributed by atoms with Crippen molar-refractivity contribution in [2.75, 3.05) is 12.8 Å². The van der Waals surface area contributed by atoms with Gasteiger partial charge in [-0.25, -0.2) is 4.68 Å². The normalized spacial score (nSPS) is 12.4. The molecule has 1 aromatic heterocycles. The Morgan fingerprint density at radius 3 is 2.59 bits per heavy atom. The number of rotatable bonds is 4. The molecule has 2 aromatic carbocycles. The first-order valence-electron chi connectivity index (χ1n) is 9.28. The molecule has 146 valence electrons. The highest BCUT2D eigenvalue weighted by atomic mass is 16.1. The maximum absolute atomic E-state index is 12.0. The van der Waals surface area contributed by atoms with Gasteiger partial charge in [-0.3, -0.25) is 9.59 Å². The molecule has 0 aliphatic heterocycles. The molecule has 29 heavy (non-hydrogen) atoms. The summed E-state index contributed by atoms with van der Waals surface area (Å²) in [6.07, 6.45) is 4.69. The number of benzene rings is 2. The Morgan fingerprint density at radius 2 is 1.90 bits per heavy atom. The summed E-state index contributed by atoms with van der Waals surface area (Å²) in [5.74, 6) is -0.715. The second kappa shape index (κ2) is 7.27. The minimum absolute atomic E-state index is 0.171. The van der Waals surface area contributed by atoms with E-state index in [1.807, 2.05) is 42.5 Å². The number of fused-ring (bicyclic) bond motifs is 3. The number of aryl methyl sites for hydroxylation is 1. The Hall–Kier alpha value is -3.87. The van der Waals surface area contributed by atoms with Crippen molar-refractivity contribution in [3.8, 4) is 16.9 Å². The predicted molar refractivity (Wildman–Crippen MR) is 112 cm³/mol. The van der Waals surface area contributed by atoms with Crippen LogP contribution in [0.4, 0.5) is 5.69 Å². The zero-order valence-electron chi connectivity index (χ0n) is 16.0. The van der Waals surface area contributed by atoms with E-state index in [0.717, 1.165) is 40.1 Å². The van der Waals surface area contributed by atoms with Gasteiger partial charge in [0, 0.05) is 29.9 Å². The minimum Gasteiger partial charge on any atom is -0.399 e. The van der Waals surface area contributed by atoms with Crippen LogP contribution < -0.4 is 16.8 Å². The van der Waals surface area contributed by atoms with E-state index < -0.39 is 5.91 Å². The Labute approximate surface area is 168 Å². The van der Waals surface area contributed by atoms with Gasteiger partial charge >= 0.3 is 0 Å². The van der Waals surface area contributed by atoms with Crippen molar-refractivity contribution in [1.29, 1.82) is 0 Å². The Morgan fingerprint density at radius 1 is 1.14 bits per heavy atom. The second-order valence-corrected chi connectivity index (χ2v) is 6.91. The number of hydrogen-bond donors (Lipinski definition) is 3. The number of nitrogens with two attached hydrogens (primary N) is 2. The zero-order valence-corrected chi connectivity index (χ0v) is 16.0. The second-order valence-electron chi connectivity index (χ2n) is 6.91. The van der Waals surface area contributed by atoms with Crippen LogP contribution in [0.1, 0.15) is 27.2 Å². The Kier molecular flexibility index (Phi) is 4.64. The van der Waals surface area contributed by atoms with E-state index in [-0.39, 0.29) is 11.6 Å². The lowest BCUT2D eigenvalue weighted by Gasteiger charge is -2.19. The highest BCUT2D eigenvalue weighted by Crippen LogP contribution is 2.37. The maximum Gasteiger partial charge on any atom is 0.269 e. The molecule has 1 heterocycles.